The summed E-state index contributed by atoms with van der Waals surface area (Å²) in [6.07, 6.45) is 6.11. The van der Waals surface area contributed by atoms with Gasteiger partial charge in [-0.25, -0.2) is 0 Å². The Morgan fingerprint density at radius 1 is 1.12 bits per heavy atom. The first-order chi connectivity index (χ1) is 7.94. The van der Waals surface area contributed by atoms with Crippen molar-refractivity contribution in [1.29, 1.82) is 0 Å². The molecule has 0 aromatic carbocycles. The smallest absolute Gasteiger partial charge is 0.0707 e. The minimum Gasteiger partial charge on any atom is -0.372 e. The lowest BCUT2D eigenvalue weighted by Gasteiger charge is -2.24. The minimum absolute atomic E-state index is 0.201. The first kappa shape index (κ1) is 13.3. The fraction of sp³-hybridized carbons (Fsp3) is 1.00. The highest BCUT2D eigenvalue weighted by Gasteiger charge is 2.31. The molecule has 0 amide bonds. The summed E-state index contributed by atoms with van der Waals surface area (Å²) >= 11 is 0. The van der Waals surface area contributed by atoms with Crippen LogP contribution in [0.1, 0.15) is 46.5 Å². The number of nitrogens with one attached hydrogen (secondary N) is 1. The molecule has 3 nitrogen and oxygen atoms in total. The largest absolute Gasteiger partial charge is 0.372 e. The van der Waals surface area contributed by atoms with Gasteiger partial charge < -0.3 is 15.0 Å². The molecule has 1 heterocycles. The number of hydrogen-bond acceptors (Lipinski definition) is 3. The van der Waals surface area contributed by atoms with Gasteiger partial charge in [-0.3, -0.25) is 0 Å². The maximum Gasteiger partial charge on any atom is 0.0707 e. The van der Waals surface area contributed by atoms with Gasteiger partial charge in [-0.1, -0.05) is 0 Å². The molecule has 1 aliphatic heterocycles. The molecule has 2 fully saturated rings. The summed E-state index contributed by atoms with van der Waals surface area (Å²) in [5.74, 6) is 0. The Kier molecular flexibility index (Phi) is 4.11. The van der Waals surface area contributed by atoms with Crippen LogP contribution in [0, 0.1) is 0 Å². The third-order valence-corrected chi connectivity index (χ3v) is 3.72. The first-order valence-corrected chi connectivity index (χ1v) is 7.05. The molecule has 2 atom stereocenters. The van der Waals surface area contributed by atoms with Crippen LogP contribution in [0.3, 0.4) is 0 Å². The van der Waals surface area contributed by atoms with E-state index >= 15 is 0 Å². The Bertz CT molecular complexity index is 245. The van der Waals surface area contributed by atoms with Gasteiger partial charge in [0.2, 0.25) is 0 Å². The van der Waals surface area contributed by atoms with Gasteiger partial charge in [0.1, 0.15) is 0 Å². The van der Waals surface area contributed by atoms with E-state index in [0.29, 0.717) is 12.2 Å². The molecule has 1 aliphatic carbocycles. The summed E-state index contributed by atoms with van der Waals surface area (Å²) in [6, 6.07) is 0.852. The predicted molar refractivity (Wildman–Crippen MR) is 71.3 cm³/mol. The Hall–Kier alpha value is -0.120. The van der Waals surface area contributed by atoms with Gasteiger partial charge in [-0.2, -0.15) is 0 Å². The lowest BCUT2D eigenvalue weighted by atomic mass is 10.1. The van der Waals surface area contributed by atoms with Crippen molar-refractivity contribution < 1.29 is 4.74 Å². The number of rotatable bonds is 5. The fourth-order valence-corrected chi connectivity index (χ4v) is 2.47. The zero-order valence-electron chi connectivity index (χ0n) is 11.8. The van der Waals surface area contributed by atoms with E-state index in [1.54, 1.807) is 0 Å². The van der Waals surface area contributed by atoms with Crippen molar-refractivity contribution in [3.63, 3.8) is 0 Å². The van der Waals surface area contributed by atoms with Crippen molar-refractivity contribution >= 4 is 0 Å². The van der Waals surface area contributed by atoms with Crippen molar-refractivity contribution in [2.45, 2.75) is 70.2 Å². The van der Waals surface area contributed by atoms with Gasteiger partial charge in [0.05, 0.1) is 12.2 Å². The normalized spacial score (nSPS) is 30.2. The molecule has 0 radical (unpaired) electrons. The van der Waals surface area contributed by atoms with Gasteiger partial charge in [0, 0.05) is 24.7 Å². The Morgan fingerprint density at radius 3 is 2.35 bits per heavy atom. The van der Waals surface area contributed by atoms with Gasteiger partial charge in [-0.05, 0) is 53.5 Å². The average molecular weight is 240 g/mol. The second kappa shape index (κ2) is 5.25. The Morgan fingerprint density at radius 2 is 1.76 bits per heavy atom. The highest BCUT2D eigenvalue weighted by atomic mass is 16.5. The second-order valence-corrected chi connectivity index (χ2v) is 6.76. The third kappa shape index (κ3) is 4.57. The molecule has 2 rings (SSSR count). The van der Waals surface area contributed by atoms with E-state index in [-0.39, 0.29) is 5.54 Å². The predicted octanol–water partition coefficient (Wildman–Crippen LogP) is 2.02. The zero-order chi connectivity index (χ0) is 12.5. The molecule has 17 heavy (non-hydrogen) atoms. The Labute approximate surface area is 106 Å². The quantitative estimate of drug-likeness (QED) is 0.795. The molecule has 1 saturated heterocycles. The molecule has 0 spiro atoms. The molecule has 100 valence electrons. The molecule has 2 aliphatic rings. The number of likely N-dealkylation sites (N-methyl/N-ethyl adjacent to an activating group) is 1. The summed E-state index contributed by atoms with van der Waals surface area (Å²) in [5.41, 5.74) is 0.201. The molecule has 3 heteroatoms. The lowest BCUT2D eigenvalue weighted by molar-refractivity contribution is 0.0240. The average Bonchev–Trinajstić information content (AvgIpc) is 2.97. The van der Waals surface area contributed by atoms with E-state index in [2.05, 4.69) is 38.0 Å². The maximum absolute atomic E-state index is 6.10. The first-order valence-electron chi connectivity index (χ1n) is 7.05. The third-order valence-electron chi connectivity index (χ3n) is 3.72. The standard InChI is InChI=1S/C14H28N2O/c1-14(2,3)15-9-12-7-8-13(17-12)10-16(4)11-5-6-11/h11-13,15H,5-10H2,1-4H3. The van der Waals surface area contributed by atoms with Crippen LogP contribution in [0.2, 0.25) is 0 Å². The van der Waals surface area contributed by atoms with Crippen molar-refractivity contribution in [3.8, 4) is 0 Å². The van der Waals surface area contributed by atoms with E-state index in [4.69, 9.17) is 4.74 Å². The highest BCUT2D eigenvalue weighted by Crippen LogP contribution is 2.28. The summed E-state index contributed by atoms with van der Waals surface area (Å²) in [6.45, 7) is 8.74. The van der Waals surface area contributed by atoms with Crippen LogP contribution in [0.25, 0.3) is 0 Å². The van der Waals surface area contributed by atoms with Gasteiger partial charge in [0.15, 0.2) is 0 Å². The Balaban J connectivity index is 1.64. The van der Waals surface area contributed by atoms with Crippen LogP contribution in [0.5, 0.6) is 0 Å². The van der Waals surface area contributed by atoms with E-state index in [0.717, 1.165) is 19.1 Å². The molecule has 0 aromatic rings. The van der Waals surface area contributed by atoms with E-state index < -0.39 is 0 Å². The van der Waals surface area contributed by atoms with Crippen molar-refractivity contribution in [2.75, 3.05) is 20.1 Å². The van der Waals surface area contributed by atoms with Crippen molar-refractivity contribution in [2.24, 2.45) is 0 Å². The molecule has 0 bridgehead atoms. The lowest BCUT2D eigenvalue weighted by Crippen LogP contribution is -2.41. The number of ether oxygens (including phenoxy) is 1. The molecule has 1 saturated carbocycles. The van der Waals surface area contributed by atoms with Crippen LogP contribution in [-0.2, 0) is 4.74 Å². The number of nitrogens with zero attached hydrogens (tertiary/aromatic N) is 1. The summed E-state index contributed by atoms with van der Waals surface area (Å²) < 4.78 is 6.10. The molecular formula is C14H28N2O. The van der Waals surface area contributed by atoms with E-state index in [1.807, 2.05) is 0 Å². The van der Waals surface area contributed by atoms with Crippen LogP contribution >= 0.6 is 0 Å². The summed E-state index contributed by atoms with van der Waals surface area (Å²) in [4.78, 5) is 2.48. The molecule has 2 unspecified atom stereocenters. The van der Waals surface area contributed by atoms with Crippen molar-refractivity contribution in [1.82, 2.24) is 10.2 Å². The number of hydrogen-bond donors (Lipinski definition) is 1. The van der Waals surface area contributed by atoms with Gasteiger partial charge in [-0.15, -0.1) is 0 Å². The molecular weight excluding hydrogens is 212 g/mol. The molecule has 1 N–H and O–H groups in total. The van der Waals surface area contributed by atoms with Gasteiger partial charge >= 0.3 is 0 Å². The van der Waals surface area contributed by atoms with E-state index in [9.17, 15) is 0 Å². The monoisotopic (exact) mass is 240 g/mol. The van der Waals surface area contributed by atoms with Crippen LogP contribution in [-0.4, -0.2) is 48.8 Å². The maximum atomic E-state index is 6.10. The highest BCUT2D eigenvalue weighted by molar-refractivity contribution is 4.86. The van der Waals surface area contributed by atoms with Crippen LogP contribution in [0.15, 0.2) is 0 Å². The van der Waals surface area contributed by atoms with Gasteiger partial charge in [0.25, 0.3) is 0 Å². The second-order valence-electron chi connectivity index (χ2n) is 6.76. The topological polar surface area (TPSA) is 24.5 Å². The summed E-state index contributed by atoms with van der Waals surface area (Å²) in [7, 11) is 2.24. The summed E-state index contributed by atoms with van der Waals surface area (Å²) in [5, 5.41) is 3.53. The van der Waals surface area contributed by atoms with Crippen LogP contribution < -0.4 is 5.32 Å². The zero-order valence-corrected chi connectivity index (χ0v) is 11.8. The minimum atomic E-state index is 0.201. The van der Waals surface area contributed by atoms with Crippen molar-refractivity contribution in [3.05, 3.63) is 0 Å². The fourth-order valence-electron chi connectivity index (χ4n) is 2.47. The van der Waals surface area contributed by atoms with Crippen LogP contribution in [0.4, 0.5) is 0 Å². The SMILES string of the molecule is CN(CC1CCC(CNC(C)(C)C)O1)C1CC1. The molecule has 0 aromatic heterocycles. The van der Waals surface area contributed by atoms with E-state index in [1.165, 1.54) is 25.7 Å².